The SMILES string of the molecule is CNC1CN(Cc2ccc(C)cc2)C1. The van der Waals surface area contributed by atoms with Gasteiger partial charge in [0.2, 0.25) is 0 Å². The number of hydrogen-bond acceptors (Lipinski definition) is 2. The Kier molecular flexibility index (Phi) is 2.85. The van der Waals surface area contributed by atoms with E-state index in [1.54, 1.807) is 0 Å². The van der Waals surface area contributed by atoms with Gasteiger partial charge in [0.25, 0.3) is 0 Å². The van der Waals surface area contributed by atoms with E-state index >= 15 is 0 Å². The van der Waals surface area contributed by atoms with E-state index in [0.717, 1.165) is 6.54 Å². The zero-order valence-electron chi connectivity index (χ0n) is 8.96. The van der Waals surface area contributed by atoms with Crippen molar-refractivity contribution < 1.29 is 0 Å². The van der Waals surface area contributed by atoms with Crippen LogP contribution in [0.3, 0.4) is 0 Å². The Morgan fingerprint density at radius 2 is 1.93 bits per heavy atom. The summed E-state index contributed by atoms with van der Waals surface area (Å²) in [4.78, 5) is 2.46. The van der Waals surface area contributed by atoms with Gasteiger partial charge in [-0.05, 0) is 19.5 Å². The average Bonchev–Trinajstić information content (AvgIpc) is 2.13. The Balaban J connectivity index is 1.84. The van der Waals surface area contributed by atoms with Crippen LogP contribution in [0.1, 0.15) is 11.1 Å². The van der Waals surface area contributed by atoms with E-state index in [1.165, 1.54) is 24.2 Å². The Labute approximate surface area is 85.9 Å². The van der Waals surface area contributed by atoms with Gasteiger partial charge in [0, 0.05) is 25.7 Å². The second-order valence-electron chi connectivity index (χ2n) is 4.17. The number of nitrogens with one attached hydrogen (secondary N) is 1. The molecule has 1 saturated heterocycles. The van der Waals surface area contributed by atoms with Gasteiger partial charge in [-0.1, -0.05) is 29.8 Å². The third-order valence-electron chi connectivity index (χ3n) is 2.89. The minimum Gasteiger partial charge on any atom is -0.315 e. The molecule has 0 aromatic heterocycles. The summed E-state index contributed by atoms with van der Waals surface area (Å²) < 4.78 is 0. The molecular formula is C12H18N2. The van der Waals surface area contributed by atoms with E-state index in [1.807, 2.05) is 7.05 Å². The highest BCUT2D eigenvalue weighted by Gasteiger charge is 2.24. The zero-order chi connectivity index (χ0) is 9.97. The third kappa shape index (κ3) is 2.14. The maximum absolute atomic E-state index is 3.28. The molecule has 1 aliphatic heterocycles. The summed E-state index contributed by atoms with van der Waals surface area (Å²) in [5.74, 6) is 0. The summed E-state index contributed by atoms with van der Waals surface area (Å²) in [5, 5.41) is 3.28. The minimum atomic E-state index is 0.709. The molecule has 1 heterocycles. The number of aryl methyl sites for hydroxylation is 1. The molecule has 0 atom stereocenters. The predicted octanol–water partition coefficient (Wildman–Crippen LogP) is 1.40. The van der Waals surface area contributed by atoms with Crippen molar-refractivity contribution in [1.82, 2.24) is 10.2 Å². The van der Waals surface area contributed by atoms with Crippen LogP contribution in [0.25, 0.3) is 0 Å². The molecule has 0 unspecified atom stereocenters. The summed E-state index contributed by atoms with van der Waals surface area (Å²) in [7, 11) is 2.04. The molecule has 0 spiro atoms. The van der Waals surface area contributed by atoms with Gasteiger partial charge in [0.05, 0.1) is 0 Å². The number of benzene rings is 1. The molecule has 2 heteroatoms. The first-order chi connectivity index (χ1) is 6.78. The van der Waals surface area contributed by atoms with Crippen LogP contribution in [0, 0.1) is 6.92 Å². The van der Waals surface area contributed by atoms with Crippen LogP contribution < -0.4 is 5.32 Å². The molecule has 1 N–H and O–H groups in total. The van der Waals surface area contributed by atoms with Crippen LogP contribution in [0.15, 0.2) is 24.3 Å². The van der Waals surface area contributed by atoms with Crippen LogP contribution in [-0.4, -0.2) is 31.1 Å². The molecule has 0 aliphatic carbocycles. The number of hydrogen-bond donors (Lipinski definition) is 1. The first-order valence-corrected chi connectivity index (χ1v) is 5.23. The van der Waals surface area contributed by atoms with Gasteiger partial charge in [-0.15, -0.1) is 0 Å². The normalized spacial score (nSPS) is 18.1. The highest BCUT2D eigenvalue weighted by Crippen LogP contribution is 2.13. The molecule has 1 fully saturated rings. The maximum Gasteiger partial charge on any atom is 0.0320 e. The second kappa shape index (κ2) is 4.11. The van der Waals surface area contributed by atoms with Crippen LogP contribution in [-0.2, 0) is 6.54 Å². The zero-order valence-corrected chi connectivity index (χ0v) is 8.96. The summed E-state index contributed by atoms with van der Waals surface area (Å²) in [5.41, 5.74) is 2.76. The Hall–Kier alpha value is -0.860. The van der Waals surface area contributed by atoms with Gasteiger partial charge in [-0.25, -0.2) is 0 Å². The monoisotopic (exact) mass is 190 g/mol. The van der Waals surface area contributed by atoms with Gasteiger partial charge >= 0.3 is 0 Å². The summed E-state index contributed by atoms with van der Waals surface area (Å²) in [6.07, 6.45) is 0. The van der Waals surface area contributed by atoms with E-state index in [4.69, 9.17) is 0 Å². The molecular weight excluding hydrogens is 172 g/mol. The first-order valence-electron chi connectivity index (χ1n) is 5.23. The molecule has 14 heavy (non-hydrogen) atoms. The smallest absolute Gasteiger partial charge is 0.0320 e. The van der Waals surface area contributed by atoms with Gasteiger partial charge < -0.3 is 5.32 Å². The van der Waals surface area contributed by atoms with E-state index < -0.39 is 0 Å². The van der Waals surface area contributed by atoms with Gasteiger partial charge in [-0.3, -0.25) is 4.90 Å². The van der Waals surface area contributed by atoms with Crippen molar-refractivity contribution in [2.45, 2.75) is 19.5 Å². The lowest BCUT2D eigenvalue weighted by atomic mass is 10.1. The van der Waals surface area contributed by atoms with Crippen molar-refractivity contribution in [3.63, 3.8) is 0 Å². The molecule has 0 saturated carbocycles. The van der Waals surface area contributed by atoms with Gasteiger partial charge in [-0.2, -0.15) is 0 Å². The number of likely N-dealkylation sites (N-methyl/N-ethyl adjacent to an activating group) is 1. The minimum absolute atomic E-state index is 0.709. The molecule has 0 bridgehead atoms. The third-order valence-corrected chi connectivity index (χ3v) is 2.89. The molecule has 76 valence electrons. The largest absolute Gasteiger partial charge is 0.315 e. The van der Waals surface area contributed by atoms with Crippen LogP contribution in [0.4, 0.5) is 0 Å². The van der Waals surface area contributed by atoms with E-state index in [9.17, 15) is 0 Å². The lowest BCUT2D eigenvalue weighted by Crippen LogP contribution is -2.56. The number of nitrogens with zero attached hydrogens (tertiary/aromatic N) is 1. The highest BCUT2D eigenvalue weighted by molar-refractivity contribution is 5.21. The van der Waals surface area contributed by atoms with Crippen molar-refractivity contribution >= 4 is 0 Å². The molecule has 0 radical (unpaired) electrons. The molecule has 1 aromatic carbocycles. The quantitative estimate of drug-likeness (QED) is 0.775. The predicted molar refractivity (Wildman–Crippen MR) is 59.3 cm³/mol. The Morgan fingerprint density at radius 3 is 2.50 bits per heavy atom. The van der Waals surface area contributed by atoms with E-state index in [0.29, 0.717) is 6.04 Å². The molecule has 2 nitrogen and oxygen atoms in total. The fourth-order valence-corrected chi connectivity index (χ4v) is 1.83. The fourth-order valence-electron chi connectivity index (χ4n) is 1.83. The standard InChI is InChI=1S/C12H18N2/c1-10-3-5-11(6-4-10)7-14-8-12(9-14)13-2/h3-6,12-13H,7-9H2,1-2H3. The van der Waals surface area contributed by atoms with E-state index in [2.05, 4.69) is 41.4 Å². The lowest BCUT2D eigenvalue weighted by Gasteiger charge is -2.39. The van der Waals surface area contributed by atoms with Gasteiger partial charge in [0.1, 0.15) is 0 Å². The average molecular weight is 190 g/mol. The summed E-state index contributed by atoms with van der Waals surface area (Å²) in [6, 6.07) is 9.53. The van der Waals surface area contributed by atoms with Crippen molar-refractivity contribution in [2.24, 2.45) is 0 Å². The highest BCUT2D eigenvalue weighted by atomic mass is 15.2. The van der Waals surface area contributed by atoms with Crippen LogP contribution in [0.2, 0.25) is 0 Å². The number of rotatable bonds is 3. The molecule has 0 amide bonds. The first kappa shape index (κ1) is 9.69. The fraction of sp³-hybridized carbons (Fsp3) is 0.500. The van der Waals surface area contributed by atoms with Crippen LogP contribution in [0.5, 0.6) is 0 Å². The Bertz CT molecular complexity index is 286. The van der Waals surface area contributed by atoms with Crippen molar-refractivity contribution in [3.05, 3.63) is 35.4 Å². The van der Waals surface area contributed by atoms with Gasteiger partial charge in [0.15, 0.2) is 0 Å². The summed E-state index contributed by atoms with van der Waals surface area (Å²) in [6.45, 7) is 5.59. The number of likely N-dealkylation sites (tertiary alicyclic amines) is 1. The van der Waals surface area contributed by atoms with Crippen molar-refractivity contribution in [1.29, 1.82) is 0 Å². The second-order valence-corrected chi connectivity index (χ2v) is 4.17. The van der Waals surface area contributed by atoms with Crippen molar-refractivity contribution in [3.8, 4) is 0 Å². The Morgan fingerprint density at radius 1 is 1.29 bits per heavy atom. The van der Waals surface area contributed by atoms with E-state index in [-0.39, 0.29) is 0 Å². The lowest BCUT2D eigenvalue weighted by molar-refractivity contribution is 0.124. The van der Waals surface area contributed by atoms with Crippen molar-refractivity contribution in [2.75, 3.05) is 20.1 Å². The molecule has 1 aliphatic rings. The molecule has 2 rings (SSSR count). The maximum atomic E-state index is 3.28. The van der Waals surface area contributed by atoms with Crippen LogP contribution >= 0.6 is 0 Å². The molecule has 1 aromatic rings. The topological polar surface area (TPSA) is 15.3 Å². The summed E-state index contributed by atoms with van der Waals surface area (Å²) >= 11 is 0.